The lowest BCUT2D eigenvalue weighted by Gasteiger charge is -2.30. The number of pyridine rings is 1. The average molecular weight is 359 g/mol. The van der Waals surface area contributed by atoms with Crippen LogP contribution < -0.4 is 5.32 Å². The van der Waals surface area contributed by atoms with Crippen LogP contribution >= 0.6 is 23.2 Å². The third kappa shape index (κ3) is 4.82. The summed E-state index contributed by atoms with van der Waals surface area (Å²) in [5.41, 5.74) is 0.157. The van der Waals surface area contributed by atoms with Gasteiger partial charge in [0.05, 0.1) is 10.6 Å². The van der Waals surface area contributed by atoms with Gasteiger partial charge in [0.2, 0.25) is 0 Å². The molecule has 0 spiro atoms. The fourth-order valence-corrected chi connectivity index (χ4v) is 2.92. The Morgan fingerprint density at radius 3 is 2.70 bits per heavy atom. The van der Waals surface area contributed by atoms with Gasteiger partial charge in [0.25, 0.3) is 5.91 Å². The second-order valence-corrected chi connectivity index (χ2v) is 6.69. The molecule has 0 saturated heterocycles. The zero-order valence-corrected chi connectivity index (χ0v) is 14.7. The lowest BCUT2D eigenvalue weighted by molar-refractivity contribution is -0.130. The summed E-state index contributed by atoms with van der Waals surface area (Å²) in [5, 5.41) is 3.24. The van der Waals surface area contributed by atoms with Gasteiger partial charge in [0.1, 0.15) is 5.15 Å². The zero-order valence-electron chi connectivity index (χ0n) is 13.1. The number of esters is 1. The Balaban J connectivity index is 1.92. The van der Waals surface area contributed by atoms with Crippen LogP contribution in [0.3, 0.4) is 0 Å². The van der Waals surface area contributed by atoms with E-state index in [2.05, 4.69) is 17.2 Å². The third-order valence-corrected chi connectivity index (χ3v) is 4.81. The Bertz CT molecular complexity index is 595. The summed E-state index contributed by atoms with van der Waals surface area (Å²) in [4.78, 5) is 28.0. The van der Waals surface area contributed by atoms with E-state index >= 15 is 0 Å². The smallest absolute Gasteiger partial charge is 0.340 e. The van der Waals surface area contributed by atoms with Crippen molar-refractivity contribution in [2.45, 2.75) is 51.7 Å². The molecule has 1 aromatic rings. The van der Waals surface area contributed by atoms with Crippen LogP contribution in [-0.4, -0.2) is 29.0 Å². The summed E-state index contributed by atoms with van der Waals surface area (Å²) in [6, 6.07) is 1.51. The summed E-state index contributed by atoms with van der Waals surface area (Å²) < 4.78 is 5.18. The minimum atomic E-state index is -0.883. The zero-order chi connectivity index (χ0) is 17.0. The van der Waals surface area contributed by atoms with Gasteiger partial charge in [-0.2, -0.15) is 0 Å². The molecule has 1 saturated carbocycles. The molecule has 7 heteroatoms. The Morgan fingerprint density at radius 2 is 2.04 bits per heavy atom. The van der Waals surface area contributed by atoms with Crippen molar-refractivity contribution in [3.63, 3.8) is 0 Å². The van der Waals surface area contributed by atoms with Crippen LogP contribution in [0.5, 0.6) is 0 Å². The molecule has 2 rings (SSSR count). The fraction of sp³-hybridized carbons (Fsp3) is 0.562. The Kier molecular flexibility index (Phi) is 6.25. The van der Waals surface area contributed by atoms with Gasteiger partial charge >= 0.3 is 5.97 Å². The highest BCUT2D eigenvalue weighted by molar-refractivity contribution is 6.41. The lowest BCUT2D eigenvalue weighted by atomic mass is 9.86. The predicted molar refractivity (Wildman–Crippen MR) is 88.7 cm³/mol. The number of hydrogen-bond acceptors (Lipinski definition) is 4. The number of carbonyl (C=O) groups excluding carboxylic acids is 2. The first kappa shape index (κ1) is 18.0. The van der Waals surface area contributed by atoms with E-state index in [-0.39, 0.29) is 27.7 Å². The van der Waals surface area contributed by atoms with E-state index in [1.807, 2.05) is 0 Å². The van der Waals surface area contributed by atoms with Crippen LogP contribution in [0.15, 0.2) is 12.3 Å². The predicted octanol–water partition coefficient (Wildman–Crippen LogP) is 3.63. The van der Waals surface area contributed by atoms with Crippen LogP contribution in [0, 0.1) is 5.92 Å². The topological polar surface area (TPSA) is 68.3 Å². The highest BCUT2D eigenvalue weighted by Crippen LogP contribution is 2.24. The van der Waals surface area contributed by atoms with Gasteiger partial charge in [-0.3, -0.25) is 4.79 Å². The summed E-state index contributed by atoms with van der Waals surface area (Å²) in [5.74, 6) is -0.504. The van der Waals surface area contributed by atoms with E-state index < -0.39 is 12.1 Å². The van der Waals surface area contributed by atoms with E-state index in [1.165, 1.54) is 18.7 Å². The van der Waals surface area contributed by atoms with Gasteiger partial charge in [0.15, 0.2) is 6.10 Å². The number of ether oxygens (including phenoxy) is 1. The second-order valence-electron chi connectivity index (χ2n) is 5.92. The number of amides is 1. The maximum absolute atomic E-state index is 12.2. The molecule has 0 radical (unpaired) electrons. The van der Waals surface area contributed by atoms with Crippen molar-refractivity contribution >= 4 is 35.1 Å². The molecule has 1 fully saturated rings. The Labute approximate surface area is 145 Å². The van der Waals surface area contributed by atoms with Crippen molar-refractivity contribution in [2.24, 2.45) is 5.92 Å². The standard InChI is InChI=1S/C16H20Cl2N2O3/c1-9-5-3-4-6-13(9)20-15(21)10(2)23-16(22)11-7-12(17)14(18)19-8-11/h7-10,13H,3-6H2,1-2H3,(H,20,21)/t9-,10-,13-/m0/s1. The quantitative estimate of drug-likeness (QED) is 0.659. The second kappa shape index (κ2) is 7.97. The van der Waals surface area contributed by atoms with Crippen LogP contribution in [0.25, 0.3) is 0 Å². The van der Waals surface area contributed by atoms with Gasteiger partial charge in [-0.15, -0.1) is 0 Å². The van der Waals surface area contributed by atoms with Crippen LogP contribution in [0.4, 0.5) is 0 Å². The Hall–Kier alpha value is -1.33. The molecule has 5 nitrogen and oxygen atoms in total. The van der Waals surface area contributed by atoms with Crippen molar-refractivity contribution in [3.8, 4) is 0 Å². The fourth-order valence-electron chi connectivity index (χ4n) is 2.65. The number of nitrogens with one attached hydrogen (secondary N) is 1. The van der Waals surface area contributed by atoms with Crippen molar-refractivity contribution in [3.05, 3.63) is 28.0 Å². The first-order chi connectivity index (χ1) is 10.9. The number of rotatable bonds is 4. The minimum absolute atomic E-state index is 0.111. The van der Waals surface area contributed by atoms with Gasteiger partial charge in [-0.05, 0) is 31.7 Å². The number of hydrogen-bond donors (Lipinski definition) is 1. The van der Waals surface area contributed by atoms with Gasteiger partial charge in [-0.25, -0.2) is 9.78 Å². The highest BCUT2D eigenvalue weighted by atomic mass is 35.5. The molecular formula is C16H20Cl2N2O3. The molecule has 1 aliphatic carbocycles. The largest absolute Gasteiger partial charge is 0.449 e. The molecule has 1 N–H and O–H groups in total. The molecule has 1 amide bonds. The minimum Gasteiger partial charge on any atom is -0.449 e. The van der Waals surface area contributed by atoms with Gasteiger partial charge in [0, 0.05) is 12.2 Å². The van der Waals surface area contributed by atoms with E-state index in [0.29, 0.717) is 5.92 Å². The van der Waals surface area contributed by atoms with Crippen LogP contribution in [0.2, 0.25) is 10.2 Å². The maximum atomic E-state index is 12.2. The molecular weight excluding hydrogens is 339 g/mol. The molecule has 0 bridgehead atoms. The first-order valence-corrected chi connectivity index (χ1v) is 8.46. The molecule has 0 unspecified atom stereocenters. The number of carbonyl (C=O) groups is 2. The van der Waals surface area contributed by atoms with Crippen molar-refractivity contribution in [1.82, 2.24) is 10.3 Å². The lowest BCUT2D eigenvalue weighted by Crippen LogP contribution is -2.46. The van der Waals surface area contributed by atoms with E-state index in [9.17, 15) is 9.59 Å². The monoisotopic (exact) mass is 358 g/mol. The molecule has 1 aliphatic rings. The normalized spacial score (nSPS) is 22.3. The number of halogens is 2. The summed E-state index contributed by atoms with van der Waals surface area (Å²) in [6.45, 7) is 3.67. The highest BCUT2D eigenvalue weighted by Gasteiger charge is 2.26. The molecule has 126 valence electrons. The molecule has 3 atom stereocenters. The third-order valence-electron chi connectivity index (χ3n) is 4.12. The first-order valence-electron chi connectivity index (χ1n) is 7.71. The Morgan fingerprint density at radius 1 is 1.35 bits per heavy atom. The van der Waals surface area contributed by atoms with Crippen molar-refractivity contribution in [1.29, 1.82) is 0 Å². The van der Waals surface area contributed by atoms with Crippen LogP contribution in [-0.2, 0) is 9.53 Å². The maximum Gasteiger partial charge on any atom is 0.340 e. The molecule has 0 aliphatic heterocycles. The van der Waals surface area contributed by atoms with Gasteiger partial charge < -0.3 is 10.1 Å². The molecule has 0 aromatic carbocycles. The summed E-state index contributed by atoms with van der Waals surface area (Å²) >= 11 is 11.5. The van der Waals surface area contributed by atoms with Crippen LogP contribution in [0.1, 0.15) is 49.9 Å². The number of nitrogens with zero attached hydrogens (tertiary/aromatic N) is 1. The van der Waals surface area contributed by atoms with E-state index in [1.54, 1.807) is 6.92 Å². The summed E-state index contributed by atoms with van der Waals surface area (Å²) in [6.07, 6.45) is 4.76. The van der Waals surface area contributed by atoms with Crippen molar-refractivity contribution < 1.29 is 14.3 Å². The molecule has 1 aromatic heterocycles. The number of aromatic nitrogens is 1. The summed E-state index contributed by atoms with van der Waals surface area (Å²) in [7, 11) is 0. The average Bonchev–Trinajstić information content (AvgIpc) is 2.52. The van der Waals surface area contributed by atoms with Crippen molar-refractivity contribution in [2.75, 3.05) is 0 Å². The molecule has 23 heavy (non-hydrogen) atoms. The molecule has 1 heterocycles. The van der Waals surface area contributed by atoms with Gasteiger partial charge in [-0.1, -0.05) is 43.0 Å². The van der Waals surface area contributed by atoms with E-state index in [0.717, 1.165) is 19.3 Å². The SMILES string of the molecule is C[C@H](OC(=O)c1cnc(Cl)c(Cl)c1)C(=O)N[C@H]1CCCC[C@@H]1C. The van der Waals surface area contributed by atoms with E-state index in [4.69, 9.17) is 27.9 Å².